The van der Waals surface area contributed by atoms with Crippen LogP contribution in [0.25, 0.3) is 0 Å². The van der Waals surface area contributed by atoms with Crippen LogP contribution in [0.1, 0.15) is 45.4 Å². The van der Waals surface area contributed by atoms with Crippen LogP contribution in [0.15, 0.2) is 0 Å². The lowest BCUT2D eigenvalue weighted by atomic mass is 10.0. The number of piperidine rings is 1. The van der Waals surface area contributed by atoms with Crippen LogP contribution in [0.5, 0.6) is 0 Å². The Morgan fingerprint density at radius 1 is 1.24 bits per heavy atom. The molecule has 1 N–H and O–H groups in total. The highest BCUT2D eigenvalue weighted by Crippen LogP contribution is 2.20. The normalized spacial score (nSPS) is 26.2. The van der Waals surface area contributed by atoms with Gasteiger partial charge in [0.1, 0.15) is 0 Å². The van der Waals surface area contributed by atoms with E-state index in [9.17, 15) is 4.79 Å². The van der Waals surface area contributed by atoms with Crippen LogP contribution in [-0.4, -0.2) is 42.8 Å². The number of carbonyl (C=O) groups excluding carboxylic acids is 1. The lowest BCUT2D eigenvalue weighted by Crippen LogP contribution is -2.50. The number of carbonyl (C=O) groups is 1. The van der Waals surface area contributed by atoms with E-state index in [-0.39, 0.29) is 6.09 Å². The third-order valence-electron chi connectivity index (χ3n) is 3.77. The average molecular weight is 240 g/mol. The molecule has 1 heterocycles. The molecule has 1 atom stereocenters. The highest BCUT2D eigenvalue weighted by molar-refractivity contribution is 5.67. The lowest BCUT2D eigenvalue weighted by molar-refractivity contribution is 0.0916. The standard InChI is InChI=1S/C13H24N2O2/c1-2-17-13(16)15-9-5-8-12(10-15)14-11-6-3-4-7-11/h11-12,14H,2-10H2,1H3. The molecule has 0 aromatic carbocycles. The van der Waals surface area contributed by atoms with Gasteiger partial charge in [0.25, 0.3) is 0 Å². The first kappa shape index (κ1) is 12.7. The van der Waals surface area contributed by atoms with E-state index in [2.05, 4.69) is 5.32 Å². The van der Waals surface area contributed by atoms with Crippen LogP contribution in [0, 0.1) is 0 Å². The topological polar surface area (TPSA) is 41.6 Å². The first-order valence-corrected chi connectivity index (χ1v) is 6.97. The quantitative estimate of drug-likeness (QED) is 0.821. The molecule has 0 aromatic rings. The first-order chi connectivity index (χ1) is 8.29. The van der Waals surface area contributed by atoms with Gasteiger partial charge in [-0.05, 0) is 32.6 Å². The molecule has 98 valence electrons. The SMILES string of the molecule is CCOC(=O)N1CCCC(NC2CCCC2)C1. The minimum absolute atomic E-state index is 0.148. The second-order valence-electron chi connectivity index (χ2n) is 5.13. The predicted octanol–water partition coefficient (Wildman–Crippen LogP) is 2.14. The molecule has 0 bridgehead atoms. The van der Waals surface area contributed by atoms with Gasteiger partial charge in [-0.25, -0.2) is 4.79 Å². The number of rotatable bonds is 3. The van der Waals surface area contributed by atoms with Gasteiger partial charge < -0.3 is 15.0 Å². The van der Waals surface area contributed by atoms with Gasteiger partial charge in [-0.2, -0.15) is 0 Å². The molecule has 1 amide bonds. The molecule has 2 aliphatic rings. The summed E-state index contributed by atoms with van der Waals surface area (Å²) < 4.78 is 5.06. The van der Waals surface area contributed by atoms with Crippen molar-refractivity contribution in [1.82, 2.24) is 10.2 Å². The third kappa shape index (κ3) is 3.60. The second kappa shape index (κ2) is 6.24. The van der Waals surface area contributed by atoms with Gasteiger partial charge >= 0.3 is 6.09 Å². The maximum atomic E-state index is 11.7. The minimum atomic E-state index is -0.148. The predicted molar refractivity (Wildman–Crippen MR) is 67.0 cm³/mol. The highest BCUT2D eigenvalue weighted by atomic mass is 16.6. The van der Waals surface area contributed by atoms with Crippen molar-refractivity contribution in [3.05, 3.63) is 0 Å². The van der Waals surface area contributed by atoms with E-state index in [0.29, 0.717) is 18.7 Å². The van der Waals surface area contributed by atoms with E-state index < -0.39 is 0 Å². The maximum Gasteiger partial charge on any atom is 0.409 e. The molecule has 2 rings (SSSR count). The van der Waals surface area contributed by atoms with Gasteiger partial charge in [0.15, 0.2) is 0 Å². The van der Waals surface area contributed by atoms with Gasteiger partial charge in [0, 0.05) is 25.2 Å². The fourth-order valence-corrected chi connectivity index (χ4v) is 2.92. The van der Waals surface area contributed by atoms with Crippen molar-refractivity contribution in [2.24, 2.45) is 0 Å². The van der Waals surface area contributed by atoms with Crippen LogP contribution < -0.4 is 5.32 Å². The zero-order chi connectivity index (χ0) is 12.1. The van der Waals surface area contributed by atoms with E-state index >= 15 is 0 Å². The molecule has 4 heteroatoms. The summed E-state index contributed by atoms with van der Waals surface area (Å²) in [6.07, 6.45) is 7.43. The monoisotopic (exact) mass is 240 g/mol. The average Bonchev–Trinajstić information content (AvgIpc) is 2.82. The molecule has 1 saturated heterocycles. The Kier molecular flexibility index (Phi) is 4.66. The highest BCUT2D eigenvalue weighted by Gasteiger charge is 2.26. The molecule has 1 aliphatic carbocycles. The minimum Gasteiger partial charge on any atom is -0.450 e. The van der Waals surface area contributed by atoms with E-state index in [1.165, 1.54) is 32.1 Å². The molecular formula is C13H24N2O2. The van der Waals surface area contributed by atoms with E-state index in [1.807, 2.05) is 11.8 Å². The summed E-state index contributed by atoms with van der Waals surface area (Å²) in [7, 11) is 0. The Balaban J connectivity index is 1.77. The van der Waals surface area contributed by atoms with Crippen LogP contribution >= 0.6 is 0 Å². The Labute approximate surface area is 104 Å². The molecule has 1 unspecified atom stereocenters. The van der Waals surface area contributed by atoms with Crippen molar-refractivity contribution >= 4 is 6.09 Å². The van der Waals surface area contributed by atoms with Crippen LogP contribution in [0.2, 0.25) is 0 Å². The van der Waals surface area contributed by atoms with E-state index in [4.69, 9.17) is 4.74 Å². The summed E-state index contributed by atoms with van der Waals surface area (Å²) in [6.45, 7) is 3.99. The fraction of sp³-hybridized carbons (Fsp3) is 0.923. The Hall–Kier alpha value is -0.770. The molecule has 4 nitrogen and oxygen atoms in total. The molecule has 2 fully saturated rings. The van der Waals surface area contributed by atoms with Gasteiger partial charge in [-0.15, -0.1) is 0 Å². The first-order valence-electron chi connectivity index (χ1n) is 6.97. The smallest absolute Gasteiger partial charge is 0.409 e. The van der Waals surface area contributed by atoms with Crippen molar-refractivity contribution in [3.8, 4) is 0 Å². The maximum absolute atomic E-state index is 11.7. The number of likely N-dealkylation sites (tertiary alicyclic amines) is 1. The zero-order valence-electron chi connectivity index (χ0n) is 10.8. The number of ether oxygens (including phenoxy) is 1. The van der Waals surface area contributed by atoms with Crippen molar-refractivity contribution in [1.29, 1.82) is 0 Å². The fourth-order valence-electron chi connectivity index (χ4n) is 2.92. The lowest BCUT2D eigenvalue weighted by Gasteiger charge is -2.34. The molecule has 0 spiro atoms. The molecule has 1 saturated carbocycles. The van der Waals surface area contributed by atoms with Gasteiger partial charge in [-0.1, -0.05) is 12.8 Å². The number of hydrogen-bond donors (Lipinski definition) is 1. The summed E-state index contributed by atoms with van der Waals surface area (Å²) in [5, 5.41) is 3.70. The van der Waals surface area contributed by atoms with E-state index in [0.717, 1.165) is 19.5 Å². The molecule has 0 aromatic heterocycles. The number of hydrogen-bond acceptors (Lipinski definition) is 3. The van der Waals surface area contributed by atoms with Crippen molar-refractivity contribution in [2.45, 2.75) is 57.5 Å². The van der Waals surface area contributed by atoms with Crippen LogP contribution in [0.4, 0.5) is 4.79 Å². The Morgan fingerprint density at radius 2 is 1.94 bits per heavy atom. The van der Waals surface area contributed by atoms with Gasteiger partial charge in [0.05, 0.1) is 6.61 Å². The van der Waals surface area contributed by atoms with Gasteiger partial charge in [0.2, 0.25) is 0 Å². The molecule has 1 aliphatic heterocycles. The Bertz CT molecular complexity index is 252. The van der Waals surface area contributed by atoms with Crippen molar-refractivity contribution in [3.63, 3.8) is 0 Å². The van der Waals surface area contributed by atoms with Crippen LogP contribution in [-0.2, 0) is 4.74 Å². The third-order valence-corrected chi connectivity index (χ3v) is 3.77. The summed E-state index contributed by atoms with van der Waals surface area (Å²) in [5.41, 5.74) is 0. The van der Waals surface area contributed by atoms with Crippen molar-refractivity contribution in [2.75, 3.05) is 19.7 Å². The summed E-state index contributed by atoms with van der Waals surface area (Å²) in [6, 6.07) is 1.15. The number of nitrogens with zero attached hydrogens (tertiary/aromatic N) is 1. The summed E-state index contributed by atoms with van der Waals surface area (Å²) in [4.78, 5) is 13.5. The Morgan fingerprint density at radius 3 is 2.65 bits per heavy atom. The summed E-state index contributed by atoms with van der Waals surface area (Å²) in [5.74, 6) is 0. The molecular weight excluding hydrogens is 216 g/mol. The summed E-state index contributed by atoms with van der Waals surface area (Å²) >= 11 is 0. The van der Waals surface area contributed by atoms with Crippen molar-refractivity contribution < 1.29 is 9.53 Å². The van der Waals surface area contributed by atoms with Crippen LogP contribution in [0.3, 0.4) is 0 Å². The van der Waals surface area contributed by atoms with E-state index in [1.54, 1.807) is 0 Å². The van der Waals surface area contributed by atoms with Gasteiger partial charge in [-0.3, -0.25) is 0 Å². The molecule has 0 radical (unpaired) electrons. The zero-order valence-corrected chi connectivity index (χ0v) is 10.8. The number of amides is 1. The largest absolute Gasteiger partial charge is 0.450 e. The second-order valence-corrected chi connectivity index (χ2v) is 5.13. The molecule has 17 heavy (non-hydrogen) atoms. The number of nitrogens with one attached hydrogen (secondary N) is 1.